The first-order valence-electron chi connectivity index (χ1n) is 17.1. The van der Waals surface area contributed by atoms with Gasteiger partial charge in [0.1, 0.15) is 6.33 Å². The molecule has 0 amide bonds. The van der Waals surface area contributed by atoms with Crippen LogP contribution in [0.15, 0.2) is 170 Å². The highest BCUT2D eigenvalue weighted by atomic mass is 14.8. The molecule has 11 rings (SSSR count). The maximum absolute atomic E-state index is 4.68. The van der Waals surface area contributed by atoms with Crippen molar-refractivity contribution in [2.24, 2.45) is 0 Å². The van der Waals surface area contributed by atoms with Crippen molar-refractivity contribution in [3.05, 3.63) is 170 Å². The summed E-state index contributed by atoms with van der Waals surface area (Å²) < 4.78 is 0. The molecule has 0 radical (unpaired) electrons. The number of benzene rings is 9. The van der Waals surface area contributed by atoms with Gasteiger partial charge in [-0.2, -0.15) is 0 Å². The third-order valence-electron chi connectivity index (χ3n) is 10.7. The van der Waals surface area contributed by atoms with Crippen molar-refractivity contribution in [3.8, 4) is 55.8 Å². The van der Waals surface area contributed by atoms with Gasteiger partial charge in [0, 0.05) is 17.3 Å². The third kappa shape index (κ3) is 3.90. The summed E-state index contributed by atoms with van der Waals surface area (Å²) >= 11 is 0. The first kappa shape index (κ1) is 27.3. The van der Waals surface area contributed by atoms with Crippen LogP contribution < -0.4 is 0 Å². The molecule has 0 N–H and O–H groups in total. The van der Waals surface area contributed by atoms with E-state index in [4.69, 9.17) is 0 Å². The van der Waals surface area contributed by atoms with Gasteiger partial charge in [-0.1, -0.05) is 140 Å². The van der Waals surface area contributed by atoms with Gasteiger partial charge >= 0.3 is 0 Å². The summed E-state index contributed by atoms with van der Waals surface area (Å²) in [4.78, 5) is 9.05. The van der Waals surface area contributed by atoms with Crippen LogP contribution in [-0.2, 0) is 0 Å². The molecule has 10 aromatic rings. The number of nitrogens with zero attached hydrogens (tertiary/aromatic N) is 2. The lowest BCUT2D eigenvalue weighted by Gasteiger charge is -2.19. The van der Waals surface area contributed by atoms with E-state index < -0.39 is 0 Å². The highest BCUT2D eigenvalue weighted by Crippen LogP contribution is 2.50. The molecule has 2 nitrogen and oxygen atoms in total. The molecule has 0 saturated heterocycles. The van der Waals surface area contributed by atoms with Crippen molar-refractivity contribution in [1.82, 2.24) is 9.97 Å². The highest BCUT2D eigenvalue weighted by Gasteiger charge is 2.24. The van der Waals surface area contributed by atoms with Crippen LogP contribution in [0, 0.1) is 0 Å². The first-order chi connectivity index (χ1) is 24.8. The topological polar surface area (TPSA) is 25.8 Å². The molecule has 1 aromatic heterocycles. The van der Waals surface area contributed by atoms with E-state index in [1.54, 1.807) is 6.33 Å². The lowest BCUT2D eigenvalue weighted by atomic mass is 9.83. The summed E-state index contributed by atoms with van der Waals surface area (Å²) in [5, 5.41) is 12.5. The minimum absolute atomic E-state index is 1.02. The predicted octanol–water partition coefficient (Wildman–Crippen LogP) is 12.9. The largest absolute Gasteiger partial charge is 0.244 e. The molecule has 0 spiro atoms. The number of fused-ring (bicyclic) bond motifs is 7. The molecule has 0 bridgehead atoms. The Morgan fingerprint density at radius 1 is 0.340 bits per heavy atom. The van der Waals surface area contributed by atoms with Crippen LogP contribution in [0.1, 0.15) is 0 Å². The van der Waals surface area contributed by atoms with Gasteiger partial charge in [-0.05, 0) is 111 Å². The van der Waals surface area contributed by atoms with Crippen LogP contribution in [0.3, 0.4) is 0 Å². The smallest absolute Gasteiger partial charge is 0.116 e. The molecule has 50 heavy (non-hydrogen) atoms. The number of aromatic nitrogens is 2. The molecular formula is C48H28N2. The Morgan fingerprint density at radius 3 is 1.64 bits per heavy atom. The average Bonchev–Trinajstić information content (AvgIpc) is 3.51. The van der Waals surface area contributed by atoms with Crippen LogP contribution in [0.25, 0.3) is 110 Å². The summed E-state index contributed by atoms with van der Waals surface area (Å²) in [5.41, 5.74) is 11.9. The van der Waals surface area contributed by atoms with Crippen molar-refractivity contribution < 1.29 is 0 Å². The van der Waals surface area contributed by atoms with Crippen LogP contribution in [-0.4, -0.2) is 9.97 Å². The van der Waals surface area contributed by atoms with E-state index in [1.165, 1.54) is 98.4 Å². The first-order valence-corrected chi connectivity index (χ1v) is 17.1. The summed E-state index contributed by atoms with van der Waals surface area (Å²) in [7, 11) is 0. The fraction of sp³-hybridized carbons (Fsp3) is 0. The Bertz CT molecular complexity index is 3020. The third-order valence-corrected chi connectivity index (χ3v) is 10.7. The van der Waals surface area contributed by atoms with E-state index in [9.17, 15) is 0 Å². The highest BCUT2D eigenvalue weighted by molar-refractivity contribution is 6.23. The van der Waals surface area contributed by atoms with Gasteiger partial charge in [-0.15, -0.1) is 0 Å². The zero-order valence-electron chi connectivity index (χ0n) is 27.1. The zero-order valence-corrected chi connectivity index (χ0v) is 27.1. The minimum Gasteiger partial charge on any atom is -0.244 e. The van der Waals surface area contributed by atoms with Crippen LogP contribution in [0.5, 0.6) is 0 Å². The van der Waals surface area contributed by atoms with Gasteiger partial charge in [-0.3, -0.25) is 0 Å². The van der Waals surface area contributed by atoms with Gasteiger partial charge in [-0.25, -0.2) is 9.97 Å². The van der Waals surface area contributed by atoms with Crippen molar-refractivity contribution in [3.63, 3.8) is 0 Å². The minimum atomic E-state index is 1.02. The lowest BCUT2D eigenvalue weighted by molar-refractivity contribution is 1.18. The van der Waals surface area contributed by atoms with Crippen LogP contribution in [0.2, 0.25) is 0 Å². The van der Waals surface area contributed by atoms with E-state index in [2.05, 4.69) is 168 Å². The molecule has 0 aliphatic heterocycles. The van der Waals surface area contributed by atoms with Crippen molar-refractivity contribution in [2.45, 2.75) is 0 Å². The number of hydrogen-bond acceptors (Lipinski definition) is 2. The normalized spacial score (nSPS) is 12.0. The van der Waals surface area contributed by atoms with Gasteiger partial charge in [0.2, 0.25) is 0 Å². The maximum atomic E-state index is 4.68. The van der Waals surface area contributed by atoms with Crippen LogP contribution >= 0.6 is 0 Å². The molecule has 0 fully saturated rings. The van der Waals surface area contributed by atoms with E-state index in [-0.39, 0.29) is 0 Å². The molecule has 0 atom stereocenters. The molecule has 2 heteroatoms. The average molecular weight is 633 g/mol. The Kier molecular flexibility index (Phi) is 5.70. The van der Waals surface area contributed by atoms with Gasteiger partial charge in [0.15, 0.2) is 0 Å². The van der Waals surface area contributed by atoms with Crippen molar-refractivity contribution >= 4 is 53.9 Å². The molecule has 0 unspecified atom stereocenters. The Hall–Kier alpha value is -6.64. The van der Waals surface area contributed by atoms with Crippen molar-refractivity contribution in [1.29, 1.82) is 0 Å². The second kappa shape index (κ2) is 10.4. The fourth-order valence-corrected chi connectivity index (χ4v) is 8.48. The molecule has 1 aliphatic carbocycles. The standard InChI is InChI=1S/C48H28N2/c1-3-10-31-24-34(18-16-29(31)8-1)45-38-12-5-6-13-39(38)46(35-19-17-30-9-2-4-11-32(30)25-35)43-26-33(20-21-40(43)45)36-22-23-41-44-27-49-28-50-48(44)42-15-7-14-37(36)47(41)42/h1-28H. The zero-order chi connectivity index (χ0) is 32.8. The second-order valence-corrected chi connectivity index (χ2v) is 13.4. The summed E-state index contributed by atoms with van der Waals surface area (Å²) in [5.74, 6) is 0. The Labute approximate surface area is 289 Å². The SMILES string of the molecule is c1ccc2cc(-c3c4ccccc4c(-c4ccc5ccccc5c4)c4cc(-c5ccc6c7c(cccc57)-c5ncncc5-6)ccc34)ccc2c1. The molecule has 230 valence electrons. The monoisotopic (exact) mass is 632 g/mol. The maximum Gasteiger partial charge on any atom is 0.116 e. The van der Waals surface area contributed by atoms with E-state index in [1.807, 2.05) is 6.20 Å². The quantitative estimate of drug-likeness (QED) is 0.181. The Morgan fingerprint density at radius 2 is 0.920 bits per heavy atom. The summed E-state index contributed by atoms with van der Waals surface area (Å²) in [6.45, 7) is 0. The summed E-state index contributed by atoms with van der Waals surface area (Å²) in [6.07, 6.45) is 3.60. The number of rotatable bonds is 3. The predicted molar refractivity (Wildman–Crippen MR) is 210 cm³/mol. The van der Waals surface area contributed by atoms with Gasteiger partial charge in [0.05, 0.1) is 5.69 Å². The molecule has 1 aliphatic rings. The van der Waals surface area contributed by atoms with E-state index >= 15 is 0 Å². The lowest BCUT2D eigenvalue weighted by Crippen LogP contribution is -1.92. The fourth-order valence-electron chi connectivity index (χ4n) is 8.48. The van der Waals surface area contributed by atoms with E-state index in [0.717, 1.165) is 11.3 Å². The molecule has 0 saturated carbocycles. The Balaban J connectivity index is 1.24. The van der Waals surface area contributed by atoms with Gasteiger partial charge in [0.25, 0.3) is 0 Å². The molecule has 1 heterocycles. The molecular weight excluding hydrogens is 605 g/mol. The van der Waals surface area contributed by atoms with Crippen LogP contribution in [0.4, 0.5) is 0 Å². The summed E-state index contributed by atoms with van der Waals surface area (Å²) in [6, 6.07) is 58.3. The van der Waals surface area contributed by atoms with Gasteiger partial charge < -0.3 is 0 Å². The van der Waals surface area contributed by atoms with Crippen molar-refractivity contribution in [2.75, 3.05) is 0 Å². The second-order valence-electron chi connectivity index (χ2n) is 13.4. The molecule has 9 aromatic carbocycles. The number of hydrogen-bond donors (Lipinski definition) is 0. The van der Waals surface area contributed by atoms with E-state index in [0.29, 0.717) is 0 Å².